The number of benzene rings is 2. The summed E-state index contributed by atoms with van der Waals surface area (Å²) in [5.74, 6) is -0.531. The van der Waals surface area contributed by atoms with Crippen molar-refractivity contribution in [2.45, 2.75) is 57.7 Å². The van der Waals surface area contributed by atoms with E-state index in [9.17, 15) is 14.8 Å². The first-order valence-corrected chi connectivity index (χ1v) is 15.0. The molecule has 0 saturated carbocycles. The molecule has 1 atom stereocenters. The van der Waals surface area contributed by atoms with E-state index in [1.807, 2.05) is 6.07 Å². The van der Waals surface area contributed by atoms with Crippen molar-refractivity contribution in [1.82, 2.24) is 34.3 Å². The number of likely N-dealkylation sites (tertiary alicyclic amines) is 1. The van der Waals surface area contributed by atoms with Gasteiger partial charge in [-0.15, -0.1) is 5.10 Å². The van der Waals surface area contributed by atoms with E-state index in [1.165, 1.54) is 35.7 Å². The van der Waals surface area contributed by atoms with Gasteiger partial charge in [0, 0.05) is 48.7 Å². The molecule has 44 heavy (non-hydrogen) atoms. The van der Waals surface area contributed by atoms with E-state index in [4.69, 9.17) is 9.97 Å². The zero-order valence-electron chi connectivity index (χ0n) is 24.7. The molecule has 2 aromatic carbocycles. The third kappa shape index (κ3) is 5.06. The fourth-order valence-corrected chi connectivity index (χ4v) is 6.60. The second-order valence-electron chi connectivity index (χ2n) is 12.4. The van der Waals surface area contributed by atoms with E-state index in [0.29, 0.717) is 45.5 Å². The van der Waals surface area contributed by atoms with Crippen LogP contribution in [0.5, 0.6) is 0 Å². The highest BCUT2D eigenvalue weighted by Gasteiger charge is 2.30. The number of aromatic nitrogens is 6. The average Bonchev–Trinajstić information content (AvgIpc) is 3.76. The summed E-state index contributed by atoms with van der Waals surface area (Å²) < 4.78 is 34.3. The Kier molecular flexibility index (Phi) is 7.02. The van der Waals surface area contributed by atoms with Gasteiger partial charge in [-0.25, -0.2) is 23.4 Å². The molecule has 226 valence electrons. The molecule has 2 saturated heterocycles. The predicted octanol–water partition coefficient (Wildman–Crippen LogP) is 4.79. The first-order chi connectivity index (χ1) is 21.2. The van der Waals surface area contributed by atoms with E-state index in [-0.39, 0.29) is 17.7 Å². The molecule has 10 nitrogen and oxygen atoms in total. The van der Waals surface area contributed by atoms with Crippen LogP contribution in [0.25, 0.3) is 39.2 Å². The normalized spacial score (nSPS) is 18.0. The third-order valence-electron chi connectivity index (χ3n) is 8.63. The summed E-state index contributed by atoms with van der Waals surface area (Å²) in [6.45, 7) is 7.30. The van der Waals surface area contributed by atoms with Gasteiger partial charge >= 0.3 is 0 Å². The molecular weight excluding hydrogens is 564 g/mol. The van der Waals surface area contributed by atoms with Crippen LogP contribution in [0.4, 0.5) is 14.6 Å². The fourth-order valence-electron chi connectivity index (χ4n) is 6.60. The summed E-state index contributed by atoms with van der Waals surface area (Å²) in [6.07, 6.45) is 8.03. The smallest absolute Gasteiger partial charge is 0.181 e. The predicted molar refractivity (Wildman–Crippen MR) is 162 cm³/mol. The Bertz CT molecular complexity index is 1910. The van der Waals surface area contributed by atoms with Crippen molar-refractivity contribution in [3.05, 3.63) is 59.9 Å². The van der Waals surface area contributed by atoms with Gasteiger partial charge in [0.25, 0.3) is 0 Å². The largest absolute Gasteiger partial charge is 0.389 e. The topological polar surface area (TPSA) is 111 Å². The quantitative estimate of drug-likeness (QED) is 0.297. The minimum atomic E-state index is -1.07. The molecule has 0 unspecified atom stereocenters. The number of fused-ring (bicyclic) bond motifs is 2. The molecular formula is C32H33F2N9O. The number of piperidine rings is 1. The zero-order chi connectivity index (χ0) is 30.6. The lowest BCUT2D eigenvalue weighted by atomic mass is 10.0. The number of imidazole rings is 1. The van der Waals surface area contributed by atoms with Gasteiger partial charge in [0.2, 0.25) is 0 Å². The Balaban J connectivity index is 1.40. The van der Waals surface area contributed by atoms with E-state index >= 15 is 4.39 Å². The highest BCUT2D eigenvalue weighted by molar-refractivity contribution is 5.89. The van der Waals surface area contributed by atoms with Crippen LogP contribution in [0.15, 0.2) is 42.7 Å². The maximum Gasteiger partial charge on any atom is 0.181 e. The maximum atomic E-state index is 16.2. The Morgan fingerprint density at radius 1 is 1.07 bits per heavy atom. The number of anilines is 1. The first-order valence-electron chi connectivity index (χ1n) is 15.0. The lowest BCUT2D eigenvalue weighted by molar-refractivity contribution is 0.0585. The Morgan fingerprint density at radius 2 is 1.89 bits per heavy atom. The molecule has 0 radical (unpaired) electrons. The SMILES string of the molecule is CC(C)(O)Cn1nnc2cc(-c3c(-c4ccc(C#N)c(F)c4)nc4c(N5CCC[C@@H](N6CCCC6)C5)nccn34)c(F)cc21. The number of nitrogens with zero attached hydrogens (tertiary/aromatic N) is 9. The molecule has 5 aromatic rings. The standard InChI is InChI=1S/C32H33F2N9O/c1-32(2,44)19-43-27-16-25(34)23(15-26(27)38-39-43)29-28(20-7-8-21(17-35)24(33)14-20)37-31-30(36-9-13-42(29)31)41-12-5-6-22(18-41)40-10-3-4-11-40/h7-9,13-16,22,44H,3-6,10-12,18-19H2,1-2H3/t22-/m1/s1. The second-order valence-corrected chi connectivity index (χ2v) is 12.4. The maximum absolute atomic E-state index is 16.2. The molecule has 7 rings (SSSR count). The molecule has 0 aliphatic carbocycles. The molecule has 0 bridgehead atoms. The van der Waals surface area contributed by atoms with Crippen molar-refractivity contribution >= 4 is 22.5 Å². The van der Waals surface area contributed by atoms with Gasteiger partial charge in [-0.3, -0.25) is 9.30 Å². The van der Waals surface area contributed by atoms with E-state index in [0.717, 1.165) is 39.0 Å². The van der Waals surface area contributed by atoms with Crippen molar-refractivity contribution < 1.29 is 13.9 Å². The first kappa shape index (κ1) is 28.3. The van der Waals surface area contributed by atoms with Crippen LogP contribution in [-0.2, 0) is 6.54 Å². The van der Waals surface area contributed by atoms with Gasteiger partial charge in [-0.05, 0) is 70.8 Å². The van der Waals surface area contributed by atoms with E-state index < -0.39 is 17.2 Å². The molecule has 3 aromatic heterocycles. The number of nitriles is 1. The second kappa shape index (κ2) is 10.9. The van der Waals surface area contributed by atoms with Crippen LogP contribution in [0, 0.1) is 23.0 Å². The molecule has 5 heterocycles. The number of halogens is 2. The van der Waals surface area contributed by atoms with Gasteiger partial charge in [-0.2, -0.15) is 5.26 Å². The molecule has 2 fully saturated rings. The monoisotopic (exact) mass is 597 g/mol. The lowest BCUT2D eigenvalue weighted by Gasteiger charge is -2.38. The summed E-state index contributed by atoms with van der Waals surface area (Å²) in [4.78, 5) is 14.5. The van der Waals surface area contributed by atoms with Crippen LogP contribution < -0.4 is 4.90 Å². The summed E-state index contributed by atoms with van der Waals surface area (Å²) >= 11 is 0. The van der Waals surface area contributed by atoms with Crippen molar-refractivity contribution in [2.75, 3.05) is 31.1 Å². The minimum Gasteiger partial charge on any atom is -0.389 e. The highest BCUT2D eigenvalue weighted by atomic mass is 19.1. The molecule has 0 spiro atoms. The van der Waals surface area contributed by atoms with Gasteiger partial charge in [0.05, 0.1) is 34.6 Å². The highest BCUT2D eigenvalue weighted by Crippen LogP contribution is 2.38. The average molecular weight is 598 g/mol. The molecule has 12 heteroatoms. The summed E-state index contributed by atoms with van der Waals surface area (Å²) in [5, 5.41) is 28.0. The van der Waals surface area contributed by atoms with E-state index in [1.54, 1.807) is 42.8 Å². The number of hydrogen-bond donors (Lipinski definition) is 1. The number of hydrogen-bond acceptors (Lipinski definition) is 8. The molecule has 2 aliphatic rings. The Morgan fingerprint density at radius 3 is 2.64 bits per heavy atom. The Labute approximate surface area is 253 Å². The molecule has 1 N–H and O–H groups in total. The summed E-state index contributed by atoms with van der Waals surface area (Å²) in [5.41, 5.74) is 1.66. The van der Waals surface area contributed by atoms with Crippen molar-refractivity contribution in [3.63, 3.8) is 0 Å². The van der Waals surface area contributed by atoms with Crippen LogP contribution in [0.1, 0.15) is 45.1 Å². The van der Waals surface area contributed by atoms with Gasteiger partial charge in [-0.1, -0.05) is 11.3 Å². The zero-order valence-corrected chi connectivity index (χ0v) is 24.7. The van der Waals surface area contributed by atoms with Gasteiger partial charge in [0.1, 0.15) is 23.2 Å². The Hall–Kier alpha value is -4.47. The number of aliphatic hydroxyl groups is 1. The number of rotatable bonds is 6. The van der Waals surface area contributed by atoms with Gasteiger partial charge < -0.3 is 10.0 Å². The van der Waals surface area contributed by atoms with Crippen LogP contribution in [0.2, 0.25) is 0 Å². The van der Waals surface area contributed by atoms with E-state index in [2.05, 4.69) is 20.1 Å². The summed E-state index contributed by atoms with van der Waals surface area (Å²) in [6, 6.07) is 9.54. The van der Waals surface area contributed by atoms with Crippen molar-refractivity contribution in [3.8, 4) is 28.6 Å². The lowest BCUT2D eigenvalue weighted by Crippen LogP contribution is -2.47. The van der Waals surface area contributed by atoms with Crippen LogP contribution >= 0.6 is 0 Å². The van der Waals surface area contributed by atoms with Crippen molar-refractivity contribution in [1.29, 1.82) is 5.26 Å². The van der Waals surface area contributed by atoms with Crippen LogP contribution in [-0.4, -0.2) is 77.2 Å². The summed E-state index contributed by atoms with van der Waals surface area (Å²) in [7, 11) is 0. The van der Waals surface area contributed by atoms with Crippen LogP contribution in [0.3, 0.4) is 0 Å². The minimum absolute atomic E-state index is 0.0845. The van der Waals surface area contributed by atoms with Gasteiger partial charge in [0.15, 0.2) is 11.5 Å². The molecule has 0 amide bonds. The fraction of sp³-hybridized carbons (Fsp3) is 0.406. The third-order valence-corrected chi connectivity index (χ3v) is 8.63. The molecule has 2 aliphatic heterocycles. The van der Waals surface area contributed by atoms with Crippen molar-refractivity contribution in [2.24, 2.45) is 0 Å².